The van der Waals surface area contributed by atoms with Gasteiger partial charge in [-0.2, -0.15) is 5.26 Å². The van der Waals surface area contributed by atoms with Gasteiger partial charge in [0.1, 0.15) is 0 Å². The van der Waals surface area contributed by atoms with E-state index in [1.165, 1.54) is 3.57 Å². The molecule has 0 radical (unpaired) electrons. The van der Waals surface area contributed by atoms with Crippen LogP contribution in [0.1, 0.15) is 11.3 Å². The number of hydrogen-bond donors (Lipinski definition) is 1. The summed E-state index contributed by atoms with van der Waals surface area (Å²) in [5, 5.41) is 9.11. The number of nitrogens with one attached hydrogen (secondary N) is 1. The van der Waals surface area contributed by atoms with Crippen molar-refractivity contribution in [1.82, 2.24) is 4.98 Å². The number of H-pyrrole nitrogens is 1. The number of rotatable bonds is 2. The Bertz CT molecular complexity index is 530. The van der Waals surface area contributed by atoms with Crippen molar-refractivity contribution in [2.75, 3.05) is 0 Å². The van der Waals surface area contributed by atoms with E-state index in [4.69, 9.17) is 5.26 Å². The quantitative estimate of drug-likeness (QED) is 0.665. The second kappa shape index (κ2) is 4.99. The van der Waals surface area contributed by atoms with E-state index in [-0.39, 0.29) is 0 Å². The molecular formula is C13H9IN2. The number of allylic oxidation sites excluding steroid dienone is 1. The molecule has 0 spiro atoms. The molecule has 0 aliphatic carbocycles. The lowest BCUT2D eigenvalue weighted by molar-refractivity contribution is 1.38. The maximum absolute atomic E-state index is 9.11. The van der Waals surface area contributed by atoms with E-state index >= 15 is 0 Å². The molecule has 0 atom stereocenters. The van der Waals surface area contributed by atoms with Gasteiger partial charge in [0.25, 0.3) is 0 Å². The van der Waals surface area contributed by atoms with Gasteiger partial charge in [-0.3, -0.25) is 0 Å². The maximum atomic E-state index is 9.11. The standard InChI is InChI=1S/C13H9IN2/c14-12-5-3-10(4-6-12)11(9-15)8-13-2-1-7-16-13/h1-8,16H/b11-8-. The van der Waals surface area contributed by atoms with Crippen molar-refractivity contribution in [3.8, 4) is 6.07 Å². The van der Waals surface area contributed by atoms with Gasteiger partial charge in [-0.25, -0.2) is 0 Å². The first-order valence-corrected chi connectivity index (χ1v) is 5.88. The smallest absolute Gasteiger partial charge is 0.0998 e. The number of benzene rings is 1. The fourth-order valence-electron chi connectivity index (χ4n) is 1.40. The first-order valence-electron chi connectivity index (χ1n) is 4.81. The van der Waals surface area contributed by atoms with E-state index < -0.39 is 0 Å². The zero-order valence-corrected chi connectivity index (χ0v) is 10.6. The molecule has 16 heavy (non-hydrogen) atoms. The summed E-state index contributed by atoms with van der Waals surface area (Å²) in [6.07, 6.45) is 3.69. The number of aromatic nitrogens is 1. The van der Waals surface area contributed by atoms with Crippen LogP contribution in [-0.4, -0.2) is 4.98 Å². The first-order chi connectivity index (χ1) is 7.79. The van der Waals surface area contributed by atoms with E-state index in [0.717, 1.165) is 11.3 Å². The van der Waals surface area contributed by atoms with Gasteiger partial charge in [0.15, 0.2) is 0 Å². The van der Waals surface area contributed by atoms with Gasteiger partial charge in [0, 0.05) is 15.5 Å². The minimum atomic E-state index is 0.666. The number of hydrogen-bond acceptors (Lipinski definition) is 1. The molecule has 1 aromatic carbocycles. The van der Waals surface area contributed by atoms with Crippen molar-refractivity contribution < 1.29 is 0 Å². The Balaban J connectivity index is 2.37. The van der Waals surface area contributed by atoms with E-state index in [0.29, 0.717) is 5.57 Å². The first kappa shape index (κ1) is 11.0. The van der Waals surface area contributed by atoms with Crippen molar-refractivity contribution in [2.45, 2.75) is 0 Å². The zero-order chi connectivity index (χ0) is 11.4. The molecule has 0 aliphatic rings. The third-order valence-corrected chi connectivity index (χ3v) is 2.92. The Labute approximate surface area is 108 Å². The molecule has 3 heteroatoms. The Kier molecular flexibility index (Phi) is 3.42. The molecule has 1 N–H and O–H groups in total. The van der Waals surface area contributed by atoms with E-state index in [1.807, 2.05) is 48.7 Å². The summed E-state index contributed by atoms with van der Waals surface area (Å²) in [5.74, 6) is 0. The minimum absolute atomic E-state index is 0.666. The predicted octanol–water partition coefficient (Wildman–Crippen LogP) is 3.68. The van der Waals surface area contributed by atoms with Crippen molar-refractivity contribution in [3.63, 3.8) is 0 Å². The molecule has 2 nitrogen and oxygen atoms in total. The average molecular weight is 320 g/mol. The molecule has 0 amide bonds. The van der Waals surface area contributed by atoms with Gasteiger partial charge in [-0.1, -0.05) is 12.1 Å². The summed E-state index contributed by atoms with van der Waals surface area (Å²) in [6.45, 7) is 0. The van der Waals surface area contributed by atoms with Crippen molar-refractivity contribution >= 4 is 34.2 Å². The van der Waals surface area contributed by atoms with Crippen molar-refractivity contribution in [3.05, 3.63) is 57.4 Å². The number of halogens is 1. The summed E-state index contributed by atoms with van der Waals surface area (Å²) in [7, 11) is 0. The number of nitriles is 1. The summed E-state index contributed by atoms with van der Waals surface area (Å²) in [4.78, 5) is 3.05. The molecule has 1 heterocycles. The molecule has 78 valence electrons. The van der Waals surface area contributed by atoms with E-state index in [2.05, 4.69) is 33.6 Å². The van der Waals surface area contributed by atoms with Gasteiger partial charge in [-0.15, -0.1) is 0 Å². The molecular weight excluding hydrogens is 311 g/mol. The average Bonchev–Trinajstić information content (AvgIpc) is 2.80. The molecule has 0 aliphatic heterocycles. The molecule has 0 bridgehead atoms. The highest BCUT2D eigenvalue weighted by molar-refractivity contribution is 14.1. The fraction of sp³-hybridized carbons (Fsp3) is 0. The molecule has 1 aromatic heterocycles. The highest BCUT2D eigenvalue weighted by Crippen LogP contribution is 2.18. The Morgan fingerprint density at radius 3 is 2.56 bits per heavy atom. The van der Waals surface area contributed by atoms with Crippen LogP contribution in [0.2, 0.25) is 0 Å². The van der Waals surface area contributed by atoms with E-state index in [9.17, 15) is 0 Å². The third-order valence-electron chi connectivity index (χ3n) is 2.20. The van der Waals surface area contributed by atoms with Crippen LogP contribution >= 0.6 is 22.6 Å². The van der Waals surface area contributed by atoms with Crippen LogP contribution in [0.15, 0.2) is 42.6 Å². The van der Waals surface area contributed by atoms with Gasteiger partial charge >= 0.3 is 0 Å². The second-order valence-corrected chi connectivity index (χ2v) is 4.55. The number of nitrogens with zero attached hydrogens (tertiary/aromatic N) is 1. The van der Waals surface area contributed by atoms with Crippen LogP contribution in [0.3, 0.4) is 0 Å². The SMILES string of the molecule is N#C/C(=C/c1ccc[nH]1)c1ccc(I)cc1. The summed E-state index contributed by atoms with van der Waals surface area (Å²) in [5.41, 5.74) is 2.55. The topological polar surface area (TPSA) is 39.6 Å². The molecule has 2 aromatic rings. The molecule has 0 unspecified atom stereocenters. The Hall–Kier alpha value is -1.54. The summed E-state index contributed by atoms with van der Waals surface area (Å²) in [6, 6.07) is 14.0. The zero-order valence-electron chi connectivity index (χ0n) is 8.44. The molecule has 2 rings (SSSR count). The Morgan fingerprint density at radius 2 is 2.00 bits per heavy atom. The molecule has 0 saturated heterocycles. The summed E-state index contributed by atoms with van der Waals surface area (Å²) < 4.78 is 1.17. The normalized spacial score (nSPS) is 11.1. The third kappa shape index (κ3) is 2.52. The van der Waals surface area contributed by atoms with Gasteiger partial charge in [0.05, 0.1) is 11.6 Å². The summed E-state index contributed by atoms with van der Waals surface area (Å²) >= 11 is 2.25. The van der Waals surface area contributed by atoms with Gasteiger partial charge < -0.3 is 4.98 Å². The van der Waals surface area contributed by atoms with E-state index in [1.54, 1.807) is 0 Å². The van der Waals surface area contributed by atoms with Crippen molar-refractivity contribution in [1.29, 1.82) is 5.26 Å². The molecule has 0 saturated carbocycles. The lowest BCUT2D eigenvalue weighted by Gasteiger charge is -1.98. The van der Waals surface area contributed by atoms with Crippen LogP contribution in [0, 0.1) is 14.9 Å². The van der Waals surface area contributed by atoms with Gasteiger partial charge in [-0.05, 0) is 58.5 Å². The largest absolute Gasteiger partial charge is 0.362 e. The van der Waals surface area contributed by atoms with Crippen LogP contribution in [0.25, 0.3) is 11.6 Å². The van der Waals surface area contributed by atoms with Crippen LogP contribution < -0.4 is 0 Å². The Morgan fingerprint density at radius 1 is 1.25 bits per heavy atom. The monoisotopic (exact) mass is 320 g/mol. The highest BCUT2D eigenvalue weighted by atomic mass is 127. The van der Waals surface area contributed by atoms with Crippen molar-refractivity contribution in [2.24, 2.45) is 0 Å². The molecule has 0 fully saturated rings. The van der Waals surface area contributed by atoms with Crippen LogP contribution in [0.5, 0.6) is 0 Å². The minimum Gasteiger partial charge on any atom is -0.362 e. The van der Waals surface area contributed by atoms with Crippen LogP contribution in [-0.2, 0) is 0 Å². The number of aromatic amines is 1. The predicted molar refractivity (Wildman–Crippen MR) is 73.4 cm³/mol. The van der Waals surface area contributed by atoms with Crippen LogP contribution in [0.4, 0.5) is 0 Å². The maximum Gasteiger partial charge on any atom is 0.0998 e. The lowest BCUT2D eigenvalue weighted by Crippen LogP contribution is -1.82. The fourth-order valence-corrected chi connectivity index (χ4v) is 1.76. The highest BCUT2D eigenvalue weighted by Gasteiger charge is 2.00. The van der Waals surface area contributed by atoms with Gasteiger partial charge in [0.2, 0.25) is 0 Å². The lowest BCUT2D eigenvalue weighted by atomic mass is 10.1. The second-order valence-electron chi connectivity index (χ2n) is 3.30.